The third-order valence-electron chi connectivity index (χ3n) is 2.27. The maximum absolute atomic E-state index is 11.7. The van der Waals surface area contributed by atoms with Crippen LogP contribution in [-0.4, -0.2) is 38.9 Å². The molecular weight excluding hydrogens is 240 g/mol. The molecule has 6 nitrogen and oxygen atoms in total. The Morgan fingerprint density at radius 2 is 2.29 bits per heavy atom. The summed E-state index contributed by atoms with van der Waals surface area (Å²) in [7, 11) is -0.916. The summed E-state index contributed by atoms with van der Waals surface area (Å²) < 4.78 is 10.8. The van der Waals surface area contributed by atoms with E-state index < -0.39 is 10.8 Å². The van der Waals surface area contributed by atoms with Gasteiger partial charge in [0.15, 0.2) is 5.69 Å². The second-order valence-electron chi connectivity index (χ2n) is 3.75. The molecule has 1 heterocycles. The average Bonchev–Trinajstić information content (AvgIpc) is 2.60. The highest BCUT2D eigenvalue weighted by atomic mass is 32.2. The molecule has 7 heteroatoms. The Hall–Kier alpha value is -1.37. The van der Waals surface area contributed by atoms with E-state index >= 15 is 0 Å². The van der Waals surface area contributed by atoms with Gasteiger partial charge in [0.2, 0.25) is 0 Å². The van der Waals surface area contributed by atoms with Gasteiger partial charge in [-0.15, -0.1) is 0 Å². The molecule has 0 saturated heterocycles. The largest absolute Gasteiger partial charge is 0.395 e. The molecule has 4 N–H and O–H groups in total. The summed E-state index contributed by atoms with van der Waals surface area (Å²) in [4.78, 5) is 11.7. The number of nitrogens with one attached hydrogen (secondary N) is 2. The molecule has 1 unspecified atom stereocenters. The number of rotatable bonds is 6. The Kier molecular flexibility index (Phi) is 5.14. The molecule has 0 aliphatic carbocycles. The highest BCUT2D eigenvalue weighted by molar-refractivity contribution is 7.84. The van der Waals surface area contributed by atoms with Crippen molar-refractivity contribution < 1.29 is 9.00 Å². The molecule has 0 spiro atoms. The van der Waals surface area contributed by atoms with Gasteiger partial charge in [-0.3, -0.25) is 14.1 Å². The van der Waals surface area contributed by atoms with E-state index in [1.807, 2.05) is 6.92 Å². The fourth-order valence-electron chi connectivity index (χ4n) is 1.39. The third kappa shape index (κ3) is 3.85. The number of nitrogen functional groups attached to an aromatic ring is 1. The maximum Gasteiger partial charge on any atom is 0.273 e. The van der Waals surface area contributed by atoms with E-state index in [0.717, 1.165) is 18.5 Å². The lowest BCUT2D eigenvalue weighted by molar-refractivity contribution is 0.0952. The van der Waals surface area contributed by atoms with Crippen molar-refractivity contribution in [3.05, 3.63) is 11.4 Å². The molecule has 96 valence electrons. The van der Waals surface area contributed by atoms with Gasteiger partial charge in [0, 0.05) is 29.4 Å². The second-order valence-corrected chi connectivity index (χ2v) is 5.30. The molecule has 0 aromatic carbocycles. The summed E-state index contributed by atoms with van der Waals surface area (Å²) in [6.07, 6.45) is 3.29. The van der Waals surface area contributed by atoms with Crippen molar-refractivity contribution in [3.8, 4) is 0 Å². The molecule has 1 aromatic rings. The fourth-order valence-corrected chi connectivity index (χ4v) is 1.78. The van der Waals surface area contributed by atoms with Crippen LogP contribution < -0.4 is 11.1 Å². The van der Waals surface area contributed by atoms with Crippen molar-refractivity contribution in [2.45, 2.75) is 19.8 Å². The Morgan fingerprint density at radius 1 is 1.59 bits per heavy atom. The quantitative estimate of drug-likeness (QED) is 0.671. The van der Waals surface area contributed by atoms with E-state index in [9.17, 15) is 9.00 Å². The van der Waals surface area contributed by atoms with E-state index in [1.54, 1.807) is 6.26 Å². The van der Waals surface area contributed by atoms with Crippen LogP contribution in [0.3, 0.4) is 0 Å². The first-order chi connectivity index (χ1) is 8.06. The predicted molar refractivity (Wildman–Crippen MR) is 68.3 cm³/mol. The summed E-state index contributed by atoms with van der Waals surface area (Å²) in [6, 6.07) is 0. The fraction of sp³-hybridized carbons (Fsp3) is 0.600. The van der Waals surface area contributed by atoms with Crippen LogP contribution in [0.5, 0.6) is 0 Å². The third-order valence-corrected chi connectivity index (χ3v) is 3.05. The first kappa shape index (κ1) is 13.7. The number of aromatic nitrogens is 2. The molecular formula is C10H18N4O2S. The highest BCUT2D eigenvalue weighted by Crippen LogP contribution is 2.15. The summed E-state index contributed by atoms with van der Waals surface area (Å²) >= 11 is 0. The number of aromatic amines is 1. The molecule has 0 aliphatic heterocycles. The van der Waals surface area contributed by atoms with Crippen LogP contribution in [0, 0.1) is 0 Å². The van der Waals surface area contributed by atoms with Gasteiger partial charge in [-0.25, -0.2) is 0 Å². The van der Waals surface area contributed by atoms with Gasteiger partial charge in [0.25, 0.3) is 5.91 Å². The van der Waals surface area contributed by atoms with Crippen LogP contribution in [-0.2, 0) is 17.2 Å². The number of nitrogens with two attached hydrogens (primary N) is 1. The van der Waals surface area contributed by atoms with Gasteiger partial charge in [0.05, 0.1) is 11.4 Å². The smallest absolute Gasteiger partial charge is 0.273 e. The topological polar surface area (TPSA) is 101 Å². The number of hydrogen-bond acceptors (Lipinski definition) is 4. The van der Waals surface area contributed by atoms with Gasteiger partial charge in [-0.2, -0.15) is 5.10 Å². The van der Waals surface area contributed by atoms with Crippen molar-refractivity contribution in [2.75, 3.05) is 24.3 Å². The zero-order valence-corrected chi connectivity index (χ0v) is 10.9. The molecule has 0 radical (unpaired) electrons. The van der Waals surface area contributed by atoms with Crippen molar-refractivity contribution in [1.29, 1.82) is 0 Å². The number of carbonyl (C=O) groups excluding carboxylic acids is 1. The van der Waals surface area contributed by atoms with E-state index in [0.29, 0.717) is 18.0 Å². The minimum absolute atomic E-state index is 0.218. The van der Waals surface area contributed by atoms with Crippen LogP contribution in [0.25, 0.3) is 0 Å². The SMILES string of the molecule is CCCc1[nH]nc(C(=O)NCCS(C)=O)c1N. The van der Waals surface area contributed by atoms with Crippen molar-refractivity contribution in [2.24, 2.45) is 0 Å². The van der Waals surface area contributed by atoms with Crippen LogP contribution >= 0.6 is 0 Å². The number of nitrogens with zero attached hydrogens (tertiary/aromatic N) is 1. The van der Waals surface area contributed by atoms with Crippen LogP contribution in [0.1, 0.15) is 29.5 Å². The summed E-state index contributed by atoms with van der Waals surface area (Å²) in [5.74, 6) is 0.101. The lowest BCUT2D eigenvalue weighted by Crippen LogP contribution is -2.28. The minimum atomic E-state index is -0.916. The Morgan fingerprint density at radius 3 is 2.88 bits per heavy atom. The number of aryl methyl sites for hydroxylation is 1. The van der Waals surface area contributed by atoms with E-state index in [2.05, 4.69) is 15.5 Å². The number of anilines is 1. The van der Waals surface area contributed by atoms with E-state index in [-0.39, 0.29) is 11.6 Å². The number of amides is 1. The molecule has 0 bridgehead atoms. The van der Waals surface area contributed by atoms with E-state index in [4.69, 9.17) is 5.73 Å². The lowest BCUT2D eigenvalue weighted by Gasteiger charge is -2.02. The minimum Gasteiger partial charge on any atom is -0.395 e. The summed E-state index contributed by atoms with van der Waals surface area (Å²) in [5.41, 5.74) is 7.22. The van der Waals surface area contributed by atoms with Crippen LogP contribution in [0.15, 0.2) is 0 Å². The zero-order valence-electron chi connectivity index (χ0n) is 10.1. The molecule has 1 rings (SSSR count). The Bertz CT molecular complexity index is 416. The van der Waals surface area contributed by atoms with Crippen LogP contribution in [0.4, 0.5) is 5.69 Å². The van der Waals surface area contributed by atoms with Crippen molar-refractivity contribution >= 4 is 22.4 Å². The zero-order chi connectivity index (χ0) is 12.8. The first-order valence-electron chi connectivity index (χ1n) is 5.47. The summed E-state index contributed by atoms with van der Waals surface area (Å²) in [5, 5.41) is 9.29. The van der Waals surface area contributed by atoms with Gasteiger partial charge in [0.1, 0.15) is 0 Å². The maximum atomic E-state index is 11.7. The number of H-pyrrole nitrogens is 1. The molecule has 1 atom stereocenters. The monoisotopic (exact) mass is 258 g/mol. The average molecular weight is 258 g/mol. The Labute approximate surface area is 103 Å². The molecule has 17 heavy (non-hydrogen) atoms. The lowest BCUT2D eigenvalue weighted by atomic mass is 10.2. The molecule has 0 saturated carbocycles. The number of hydrogen-bond donors (Lipinski definition) is 3. The first-order valence-corrected chi connectivity index (χ1v) is 7.19. The summed E-state index contributed by atoms with van der Waals surface area (Å²) in [6.45, 7) is 2.38. The molecule has 1 amide bonds. The van der Waals surface area contributed by atoms with E-state index in [1.165, 1.54) is 0 Å². The van der Waals surface area contributed by atoms with Gasteiger partial charge in [-0.05, 0) is 6.42 Å². The van der Waals surface area contributed by atoms with Gasteiger partial charge in [-0.1, -0.05) is 13.3 Å². The predicted octanol–water partition coefficient (Wildman–Crippen LogP) is 0.0527. The molecule has 1 aromatic heterocycles. The van der Waals surface area contributed by atoms with Crippen molar-refractivity contribution in [1.82, 2.24) is 15.5 Å². The standard InChI is InChI=1S/C10H18N4O2S/c1-3-4-7-8(11)9(14-13-7)10(15)12-5-6-17(2)16/h3-6,11H2,1-2H3,(H,12,15)(H,13,14). The van der Waals surface area contributed by atoms with Crippen molar-refractivity contribution in [3.63, 3.8) is 0 Å². The van der Waals surface area contributed by atoms with Gasteiger partial charge < -0.3 is 11.1 Å². The van der Waals surface area contributed by atoms with Crippen LogP contribution in [0.2, 0.25) is 0 Å². The van der Waals surface area contributed by atoms with Gasteiger partial charge >= 0.3 is 0 Å². The number of carbonyl (C=O) groups is 1. The Balaban J connectivity index is 2.60. The second kappa shape index (κ2) is 6.39. The molecule has 0 aliphatic rings. The highest BCUT2D eigenvalue weighted by Gasteiger charge is 2.16. The molecule has 0 fully saturated rings. The normalized spacial score (nSPS) is 12.4.